The summed E-state index contributed by atoms with van der Waals surface area (Å²) in [6.07, 6.45) is 0.556. The molecule has 0 heterocycles. The fourth-order valence-electron chi connectivity index (χ4n) is 2.16. The van der Waals surface area contributed by atoms with E-state index < -0.39 is 4.92 Å². The number of hydrogen-bond donors (Lipinski definition) is 1. The van der Waals surface area contributed by atoms with E-state index in [4.69, 9.17) is 5.73 Å². The minimum absolute atomic E-state index is 0.00478. The second-order valence-corrected chi connectivity index (χ2v) is 5.98. The predicted octanol–water partition coefficient (Wildman–Crippen LogP) is 2.21. The van der Waals surface area contributed by atoms with Crippen molar-refractivity contribution in [2.24, 2.45) is 11.1 Å². The number of nitrogens with two attached hydrogens (primary N) is 1. The molecule has 0 radical (unpaired) electrons. The summed E-state index contributed by atoms with van der Waals surface area (Å²) in [6, 6.07) is 4.64. The van der Waals surface area contributed by atoms with Gasteiger partial charge >= 0.3 is 0 Å². The van der Waals surface area contributed by atoms with Crippen LogP contribution in [0.25, 0.3) is 0 Å². The maximum absolute atomic E-state index is 12.4. The van der Waals surface area contributed by atoms with E-state index in [0.717, 1.165) is 0 Å². The van der Waals surface area contributed by atoms with Crippen molar-refractivity contribution in [1.82, 2.24) is 4.90 Å². The van der Waals surface area contributed by atoms with E-state index >= 15 is 0 Å². The summed E-state index contributed by atoms with van der Waals surface area (Å²) in [5.74, 6) is -0.234. The molecule has 0 saturated carbocycles. The van der Waals surface area contributed by atoms with Crippen LogP contribution in [0.1, 0.15) is 36.7 Å². The van der Waals surface area contributed by atoms with Crippen LogP contribution < -0.4 is 5.73 Å². The van der Waals surface area contributed by atoms with Crippen LogP contribution in [-0.2, 0) is 6.42 Å². The summed E-state index contributed by atoms with van der Waals surface area (Å²) in [5.41, 5.74) is 6.42. The molecule has 116 valence electrons. The van der Waals surface area contributed by atoms with Gasteiger partial charge in [0.05, 0.1) is 4.92 Å². The Morgan fingerprint density at radius 2 is 2.05 bits per heavy atom. The highest BCUT2D eigenvalue weighted by atomic mass is 16.6. The molecule has 0 saturated heterocycles. The van der Waals surface area contributed by atoms with E-state index in [1.54, 1.807) is 24.1 Å². The zero-order valence-corrected chi connectivity index (χ0v) is 13.0. The number of carbonyl (C=O) groups is 1. The van der Waals surface area contributed by atoms with E-state index in [2.05, 4.69) is 0 Å². The summed E-state index contributed by atoms with van der Waals surface area (Å²) in [4.78, 5) is 24.5. The average Bonchev–Trinajstić information content (AvgIpc) is 2.45. The molecule has 21 heavy (non-hydrogen) atoms. The van der Waals surface area contributed by atoms with Crippen LogP contribution in [0.5, 0.6) is 0 Å². The van der Waals surface area contributed by atoms with Crippen LogP contribution in [0.3, 0.4) is 0 Å². The lowest BCUT2D eigenvalue weighted by Crippen LogP contribution is -2.39. The molecule has 2 N–H and O–H groups in total. The van der Waals surface area contributed by atoms with Crippen molar-refractivity contribution in [3.05, 3.63) is 39.4 Å². The SMILES string of the molecule is CCc1ccc(C(=O)N(C)CC(C)(C)CN)cc1[N+](=O)[O-]. The molecule has 0 aliphatic rings. The Labute approximate surface area is 125 Å². The van der Waals surface area contributed by atoms with Gasteiger partial charge in [-0.1, -0.05) is 26.8 Å². The summed E-state index contributed by atoms with van der Waals surface area (Å²) < 4.78 is 0. The van der Waals surface area contributed by atoms with Crippen molar-refractivity contribution in [3.8, 4) is 0 Å². The van der Waals surface area contributed by atoms with E-state index in [1.807, 2.05) is 20.8 Å². The van der Waals surface area contributed by atoms with Gasteiger partial charge in [-0.25, -0.2) is 0 Å². The quantitative estimate of drug-likeness (QED) is 0.643. The Bertz CT molecular complexity index is 541. The molecule has 0 fully saturated rings. The van der Waals surface area contributed by atoms with E-state index in [1.165, 1.54) is 6.07 Å². The molecule has 0 aromatic heterocycles. The van der Waals surface area contributed by atoms with Gasteiger partial charge in [-0.2, -0.15) is 0 Å². The van der Waals surface area contributed by atoms with Crippen molar-refractivity contribution in [3.63, 3.8) is 0 Å². The van der Waals surface area contributed by atoms with Crippen molar-refractivity contribution in [1.29, 1.82) is 0 Å². The summed E-state index contributed by atoms with van der Waals surface area (Å²) in [5, 5.41) is 11.1. The van der Waals surface area contributed by atoms with Gasteiger partial charge in [0.2, 0.25) is 0 Å². The van der Waals surface area contributed by atoms with Gasteiger partial charge in [-0.3, -0.25) is 14.9 Å². The number of nitro benzene ring substituents is 1. The van der Waals surface area contributed by atoms with Gasteiger partial charge < -0.3 is 10.6 Å². The Kier molecular flexibility index (Phi) is 5.43. The number of aryl methyl sites for hydroxylation is 1. The molecule has 6 heteroatoms. The largest absolute Gasteiger partial charge is 0.341 e. The zero-order valence-electron chi connectivity index (χ0n) is 13.0. The number of rotatable bonds is 6. The minimum atomic E-state index is -0.445. The monoisotopic (exact) mass is 293 g/mol. The number of nitro groups is 1. The third-order valence-electron chi connectivity index (χ3n) is 3.47. The van der Waals surface area contributed by atoms with Gasteiger partial charge in [0.1, 0.15) is 0 Å². The number of amides is 1. The maximum Gasteiger partial charge on any atom is 0.273 e. The maximum atomic E-state index is 12.4. The van der Waals surface area contributed by atoms with Gasteiger partial charge in [0, 0.05) is 30.8 Å². The van der Waals surface area contributed by atoms with Gasteiger partial charge in [-0.15, -0.1) is 0 Å². The Morgan fingerprint density at radius 1 is 1.43 bits per heavy atom. The molecule has 0 bridgehead atoms. The molecule has 0 unspecified atom stereocenters. The zero-order chi connectivity index (χ0) is 16.2. The highest BCUT2D eigenvalue weighted by molar-refractivity contribution is 5.94. The molecule has 0 spiro atoms. The molecule has 1 aromatic carbocycles. The smallest absolute Gasteiger partial charge is 0.273 e. The van der Waals surface area contributed by atoms with Crippen molar-refractivity contribution < 1.29 is 9.72 Å². The molecule has 1 rings (SSSR count). The van der Waals surface area contributed by atoms with Crippen molar-refractivity contribution in [2.45, 2.75) is 27.2 Å². The first-order chi connectivity index (χ1) is 9.71. The fraction of sp³-hybridized carbons (Fsp3) is 0.533. The molecule has 0 atom stereocenters. The normalized spacial score (nSPS) is 11.3. The minimum Gasteiger partial charge on any atom is -0.341 e. The Balaban J connectivity index is 3.03. The highest BCUT2D eigenvalue weighted by Crippen LogP contribution is 2.22. The van der Waals surface area contributed by atoms with Crippen LogP contribution in [0.2, 0.25) is 0 Å². The fourth-order valence-corrected chi connectivity index (χ4v) is 2.16. The van der Waals surface area contributed by atoms with Gasteiger partial charge in [0.15, 0.2) is 0 Å². The van der Waals surface area contributed by atoms with Crippen LogP contribution in [0.15, 0.2) is 18.2 Å². The van der Waals surface area contributed by atoms with Crippen LogP contribution in [0.4, 0.5) is 5.69 Å². The van der Waals surface area contributed by atoms with E-state index in [9.17, 15) is 14.9 Å². The Hall–Kier alpha value is -1.95. The Morgan fingerprint density at radius 3 is 2.52 bits per heavy atom. The molecule has 1 aromatic rings. The van der Waals surface area contributed by atoms with Crippen LogP contribution in [0, 0.1) is 15.5 Å². The third-order valence-corrected chi connectivity index (χ3v) is 3.47. The molecule has 0 aliphatic heterocycles. The number of hydrogen-bond acceptors (Lipinski definition) is 4. The second-order valence-electron chi connectivity index (χ2n) is 5.98. The number of nitrogens with zero attached hydrogens (tertiary/aromatic N) is 2. The highest BCUT2D eigenvalue weighted by Gasteiger charge is 2.23. The average molecular weight is 293 g/mol. The van der Waals surface area contributed by atoms with E-state index in [-0.39, 0.29) is 17.0 Å². The summed E-state index contributed by atoms with van der Waals surface area (Å²) in [7, 11) is 1.68. The molecule has 0 aliphatic carbocycles. The first-order valence-corrected chi connectivity index (χ1v) is 6.94. The van der Waals surface area contributed by atoms with Crippen molar-refractivity contribution >= 4 is 11.6 Å². The first kappa shape index (κ1) is 17.1. The van der Waals surface area contributed by atoms with Gasteiger partial charge in [0.25, 0.3) is 11.6 Å². The van der Waals surface area contributed by atoms with Gasteiger partial charge in [-0.05, 0) is 24.4 Å². The van der Waals surface area contributed by atoms with Crippen LogP contribution >= 0.6 is 0 Å². The van der Waals surface area contributed by atoms with E-state index in [0.29, 0.717) is 30.6 Å². The number of carbonyl (C=O) groups excluding carboxylic acids is 1. The lowest BCUT2D eigenvalue weighted by Gasteiger charge is -2.29. The molecular formula is C15H23N3O3. The predicted molar refractivity (Wildman–Crippen MR) is 82.3 cm³/mol. The standard InChI is InChI=1S/C15H23N3O3/c1-5-11-6-7-12(8-13(11)18(20)21)14(19)17(4)10-15(2,3)9-16/h6-8H,5,9-10,16H2,1-4H3. The number of benzene rings is 1. The molecule has 6 nitrogen and oxygen atoms in total. The van der Waals surface area contributed by atoms with Crippen LogP contribution in [-0.4, -0.2) is 35.9 Å². The summed E-state index contributed by atoms with van der Waals surface area (Å²) >= 11 is 0. The molecular weight excluding hydrogens is 270 g/mol. The second kappa shape index (κ2) is 6.67. The first-order valence-electron chi connectivity index (χ1n) is 6.94. The topological polar surface area (TPSA) is 89.5 Å². The third kappa shape index (κ3) is 4.26. The summed E-state index contributed by atoms with van der Waals surface area (Å²) in [6.45, 7) is 6.74. The molecule has 1 amide bonds. The lowest BCUT2D eigenvalue weighted by molar-refractivity contribution is -0.385. The lowest BCUT2D eigenvalue weighted by atomic mass is 9.93. The van der Waals surface area contributed by atoms with Crippen molar-refractivity contribution in [2.75, 3.05) is 20.1 Å².